The normalized spacial score (nSPS) is 13.8. The van der Waals surface area contributed by atoms with Crippen molar-refractivity contribution in [1.29, 1.82) is 0 Å². The van der Waals surface area contributed by atoms with Crippen LogP contribution >= 0.6 is 0 Å². The van der Waals surface area contributed by atoms with Crippen molar-refractivity contribution in [3.63, 3.8) is 0 Å². The molecule has 0 unspecified atom stereocenters. The SMILES string of the molecule is CCCCN(C)c1ccc(C(=O)N2CCN(C(=O)Nc3ccc(F)cc3)CC2)cc1. The molecule has 0 aliphatic carbocycles. The van der Waals surface area contributed by atoms with E-state index in [0.29, 0.717) is 37.4 Å². The monoisotopic (exact) mass is 412 g/mol. The molecule has 3 amide bonds. The average molecular weight is 413 g/mol. The third-order valence-electron chi connectivity index (χ3n) is 5.35. The summed E-state index contributed by atoms with van der Waals surface area (Å²) >= 11 is 0. The number of amides is 3. The number of carbonyl (C=O) groups excluding carboxylic acids is 2. The maximum absolute atomic E-state index is 13.0. The number of unbranched alkanes of at least 4 members (excludes halogenated alkanes) is 1. The Morgan fingerprint density at radius 1 is 0.967 bits per heavy atom. The Kier molecular flexibility index (Phi) is 7.27. The van der Waals surface area contributed by atoms with Gasteiger partial charge in [-0.15, -0.1) is 0 Å². The van der Waals surface area contributed by atoms with Crippen LogP contribution < -0.4 is 10.2 Å². The Hall–Kier alpha value is -3.09. The van der Waals surface area contributed by atoms with Gasteiger partial charge < -0.3 is 20.0 Å². The molecule has 1 aliphatic rings. The van der Waals surface area contributed by atoms with Crippen molar-refractivity contribution in [3.05, 3.63) is 59.9 Å². The minimum atomic E-state index is -0.347. The van der Waals surface area contributed by atoms with Crippen molar-refractivity contribution < 1.29 is 14.0 Å². The van der Waals surface area contributed by atoms with Gasteiger partial charge in [0.15, 0.2) is 0 Å². The molecule has 160 valence electrons. The molecule has 1 saturated heterocycles. The van der Waals surface area contributed by atoms with Crippen molar-refractivity contribution in [2.75, 3.05) is 50.0 Å². The third kappa shape index (κ3) is 5.49. The summed E-state index contributed by atoms with van der Waals surface area (Å²) in [6.07, 6.45) is 2.28. The third-order valence-corrected chi connectivity index (χ3v) is 5.35. The maximum Gasteiger partial charge on any atom is 0.321 e. The number of urea groups is 1. The fraction of sp³-hybridized carbons (Fsp3) is 0.391. The number of nitrogens with one attached hydrogen (secondary N) is 1. The van der Waals surface area contributed by atoms with E-state index in [1.54, 1.807) is 9.80 Å². The average Bonchev–Trinajstić information content (AvgIpc) is 2.78. The summed E-state index contributed by atoms with van der Waals surface area (Å²) in [6.45, 7) is 5.03. The Balaban J connectivity index is 1.51. The molecule has 1 aliphatic heterocycles. The minimum absolute atomic E-state index is 0.0173. The molecule has 1 heterocycles. The highest BCUT2D eigenvalue weighted by atomic mass is 19.1. The predicted octanol–water partition coefficient (Wildman–Crippen LogP) is 4.05. The van der Waals surface area contributed by atoms with E-state index in [9.17, 15) is 14.0 Å². The van der Waals surface area contributed by atoms with E-state index in [1.807, 2.05) is 24.3 Å². The highest BCUT2D eigenvalue weighted by molar-refractivity contribution is 5.95. The lowest BCUT2D eigenvalue weighted by atomic mass is 10.1. The molecule has 0 bridgehead atoms. The molecule has 2 aromatic carbocycles. The molecule has 0 atom stereocenters. The summed E-state index contributed by atoms with van der Waals surface area (Å²) in [7, 11) is 2.06. The van der Waals surface area contributed by atoms with Gasteiger partial charge in [0.05, 0.1) is 0 Å². The summed E-state index contributed by atoms with van der Waals surface area (Å²) in [4.78, 5) is 30.8. The van der Waals surface area contributed by atoms with Crippen LogP contribution in [0, 0.1) is 5.82 Å². The van der Waals surface area contributed by atoms with E-state index in [0.717, 1.165) is 25.1 Å². The van der Waals surface area contributed by atoms with Gasteiger partial charge in [0.25, 0.3) is 5.91 Å². The quantitative estimate of drug-likeness (QED) is 0.779. The van der Waals surface area contributed by atoms with Gasteiger partial charge >= 0.3 is 6.03 Å². The zero-order chi connectivity index (χ0) is 21.5. The minimum Gasteiger partial charge on any atom is -0.375 e. The first-order valence-electron chi connectivity index (χ1n) is 10.4. The van der Waals surface area contributed by atoms with Crippen molar-refractivity contribution >= 4 is 23.3 Å². The van der Waals surface area contributed by atoms with Crippen molar-refractivity contribution in [2.45, 2.75) is 19.8 Å². The summed E-state index contributed by atoms with van der Waals surface area (Å²) < 4.78 is 13.0. The number of carbonyl (C=O) groups is 2. The second-order valence-corrected chi connectivity index (χ2v) is 7.54. The Bertz CT molecular complexity index is 847. The number of hydrogen-bond acceptors (Lipinski definition) is 3. The van der Waals surface area contributed by atoms with Gasteiger partial charge in [-0.2, -0.15) is 0 Å². The smallest absolute Gasteiger partial charge is 0.321 e. The van der Waals surface area contributed by atoms with Crippen LogP contribution in [-0.4, -0.2) is 61.5 Å². The number of hydrogen-bond donors (Lipinski definition) is 1. The fourth-order valence-corrected chi connectivity index (χ4v) is 3.41. The van der Waals surface area contributed by atoms with Crippen LogP contribution in [0.25, 0.3) is 0 Å². The molecule has 1 fully saturated rings. The van der Waals surface area contributed by atoms with Crippen molar-refractivity contribution in [1.82, 2.24) is 9.80 Å². The van der Waals surface area contributed by atoms with Gasteiger partial charge in [0.1, 0.15) is 5.82 Å². The van der Waals surface area contributed by atoms with Gasteiger partial charge in [0, 0.05) is 56.7 Å². The number of nitrogens with zero attached hydrogens (tertiary/aromatic N) is 3. The molecule has 30 heavy (non-hydrogen) atoms. The maximum atomic E-state index is 13.0. The Morgan fingerprint density at radius 2 is 1.57 bits per heavy atom. The zero-order valence-electron chi connectivity index (χ0n) is 17.6. The van der Waals surface area contributed by atoms with Gasteiger partial charge in [0.2, 0.25) is 0 Å². The Labute approximate surface area is 177 Å². The van der Waals surface area contributed by atoms with E-state index >= 15 is 0 Å². The highest BCUT2D eigenvalue weighted by Gasteiger charge is 2.25. The van der Waals surface area contributed by atoms with Gasteiger partial charge in [-0.1, -0.05) is 13.3 Å². The predicted molar refractivity (Wildman–Crippen MR) is 118 cm³/mol. The van der Waals surface area contributed by atoms with Crippen LogP contribution in [0.4, 0.5) is 20.6 Å². The van der Waals surface area contributed by atoms with Crippen LogP contribution in [-0.2, 0) is 0 Å². The van der Waals surface area contributed by atoms with Crippen LogP contribution in [0.1, 0.15) is 30.1 Å². The molecule has 7 heteroatoms. The van der Waals surface area contributed by atoms with Crippen molar-refractivity contribution in [2.24, 2.45) is 0 Å². The number of benzene rings is 2. The topological polar surface area (TPSA) is 55.9 Å². The van der Waals surface area contributed by atoms with E-state index in [2.05, 4.69) is 24.2 Å². The highest BCUT2D eigenvalue weighted by Crippen LogP contribution is 2.17. The molecule has 1 N–H and O–H groups in total. The molecular formula is C23H29FN4O2. The van der Waals surface area contributed by atoms with Crippen LogP contribution in [0.5, 0.6) is 0 Å². The molecule has 0 radical (unpaired) electrons. The van der Waals surface area contributed by atoms with Crippen LogP contribution in [0.3, 0.4) is 0 Å². The zero-order valence-corrected chi connectivity index (χ0v) is 17.6. The molecule has 0 saturated carbocycles. The summed E-state index contributed by atoms with van der Waals surface area (Å²) in [5.41, 5.74) is 2.30. The number of rotatable bonds is 6. The van der Waals surface area contributed by atoms with E-state index in [4.69, 9.17) is 0 Å². The standard InChI is InChI=1S/C23H29FN4O2/c1-3-4-13-26(2)21-11-5-18(6-12-21)22(29)27-14-16-28(17-15-27)23(30)25-20-9-7-19(24)8-10-20/h5-12H,3-4,13-17H2,1-2H3,(H,25,30). The van der Waals surface area contributed by atoms with Gasteiger partial charge in [-0.3, -0.25) is 4.79 Å². The van der Waals surface area contributed by atoms with Crippen LogP contribution in [0.15, 0.2) is 48.5 Å². The van der Waals surface area contributed by atoms with E-state index in [1.165, 1.54) is 24.3 Å². The number of halogens is 1. The largest absolute Gasteiger partial charge is 0.375 e. The first-order chi connectivity index (χ1) is 14.5. The van der Waals surface area contributed by atoms with E-state index in [-0.39, 0.29) is 17.8 Å². The first kappa shape index (κ1) is 21.6. The summed E-state index contributed by atoms with van der Waals surface area (Å²) in [5, 5.41) is 2.76. The molecule has 3 rings (SSSR count). The molecule has 0 spiro atoms. The lowest BCUT2D eigenvalue weighted by molar-refractivity contribution is 0.0671. The Morgan fingerprint density at radius 3 is 2.17 bits per heavy atom. The first-order valence-corrected chi connectivity index (χ1v) is 10.4. The van der Waals surface area contributed by atoms with Crippen molar-refractivity contribution in [3.8, 4) is 0 Å². The summed E-state index contributed by atoms with van der Waals surface area (Å²) in [6, 6.07) is 13.1. The number of piperazine rings is 1. The van der Waals surface area contributed by atoms with Gasteiger partial charge in [-0.05, 0) is 55.0 Å². The van der Waals surface area contributed by atoms with Gasteiger partial charge in [-0.25, -0.2) is 9.18 Å². The fourth-order valence-electron chi connectivity index (χ4n) is 3.41. The molecule has 2 aromatic rings. The molecule has 6 nitrogen and oxygen atoms in total. The second kappa shape index (κ2) is 10.1. The van der Waals surface area contributed by atoms with Crippen LogP contribution in [0.2, 0.25) is 0 Å². The molecule has 0 aromatic heterocycles. The lowest BCUT2D eigenvalue weighted by Gasteiger charge is -2.34. The van der Waals surface area contributed by atoms with E-state index < -0.39 is 0 Å². The molecular weight excluding hydrogens is 383 g/mol. The second-order valence-electron chi connectivity index (χ2n) is 7.54. The number of anilines is 2. The summed E-state index contributed by atoms with van der Waals surface area (Å²) in [5.74, 6) is -0.364. The lowest BCUT2D eigenvalue weighted by Crippen LogP contribution is -2.51.